The van der Waals surface area contributed by atoms with Gasteiger partial charge in [0.1, 0.15) is 6.54 Å². The van der Waals surface area contributed by atoms with Gasteiger partial charge in [0.05, 0.1) is 17.7 Å². The average Bonchev–Trinajstić information content (AvgIpc) is 2.58. The van der Waals surface area contributed by atoms with Crippen molar-refractivity contribution in [2.24, 2.45) is 5.10 Å². The molecule has 0 bridgehead atoms. The van der Waals surface area contributed by atoms with E-state index in [1.165, 1.54) is 0 Å². The van der Waals surface area contributed by atoms with E-state index in [9.17, 15) is 13.2 Å². The molecule has 0 heterocycles. The number of anilines is 1. The van der Waals surface area contributed by atoms with Crippen LogP contribution in [0.5, 0.6) is 0 Å². The highest BCUT2D eigenvalue weighted by Gasteiger charge is 2.23. The average molecular weight is 408 g/mol. The van der Waals surface area contributed by atoms with Crippen LogP contribution >= 0.6 is 11.6 Å². The molecule has 144 valence electrons. The van der Waals surface area contributed by atoms with E-state index in [-0.39, 0.29) is 6.54 Å². The number of hydrogen-bond donors (Lipinski definition) is 1. The second-order valence-corrected chi connectivity index (χ2v) is 8.59. The molecule has 0 saturated carbocycles. The van der Waals surface area contributed by atoms with Crippen LogP contribution in [0.15, 0.2) is 47.6 Å². The smallest absolute Gasteiger partial charge is 0.260 e. The van der Waals surface area contributed by atoms with Crippen molar-refractivity contribution in [3.8, 4) is 0 Å². The lowest BCUT2D eigenvalue weighted by Crippen LogP contribution is -2.40. The number of halogens is 1. The predicted molar refractivity (Wildman–Crippen MR) is 110 cm³/mol. The molecule has 0 aliphatic carbocycles. The van der Waals surface area contributed by atoms with Crippen molar-refractivity contribution in [2.45, 2.75) is 20.8 Å². The summed E-state index contributed by atoms with van der Waals surface area (Å²) in [6, 6.07) is 12.5. The van der Waals surface area contributed by atoms with Crippen LogP contribution in [0, 0.1) is 13.8 Å². The van der Waals surface area contributed by atoms with Gasteiger partial charge < -0.3 is 0 Å². The summed E-state index contributed by atoms with van der Waals surface area (Å²) in [4.78, 5) is 12.3. The first-order valence-electron chi connectivity index (χ1n) is 8.22. The van der Waals surface area contributed by atoms with Crippen LogP contribution in [0.1, 0.15) is 23.6 Å². The molecule has 0 fully saturated rings. The van der Waals surface area contributed by atoms with Crippen molar-refractivity contribution in [2.75, 3.05) is 17.1 Å². The van der Waals surface area contributed by atoms with Gasteiger partial charge in [-0.2, -0.15) is 5.10 Å². The summed E-state index contributed by atoms with van der Waals surface area (Å²) in [5, 5.41) is 4.65. The number of benzene rings is 2. The minimum Gasteiger partial charge on any atom is -0.271 e. The number of rotatable bonds is 6. The second-order valence-electron chi connectivity index (χ2n) is 6.25. The third-order valence-corrected chi connectivity index (χ3v) is 5.35. The van der Waals surface area contributed by atoms with Crippen LogP contribution in [0.3, 0.4) is 0 Å². The van der Waals surface area contributed by atoms with Crippen LogP contribution in [-0.4, -0.2) is 32.8 Å². The number of carbonyl (C=O) groups excluding carboxylic acids is 1. The Bertz CT molecular complexity index is 950. The first-order chi connectivity index (χ1) is 12.6. The maximum absolute atomic E-state index is 12.3. The Labute approximate surface area is 164 Å². The fraction of sp³-hybridized carbons (Fsp3) is 0.263. The first-order valence-corrected chi connectivity index (χ1v) is 10.4. The van der Waals surface area contributed by atoms with Crippen molar-refractivity contribution in [1.82, 2.24) is 5.43 Å². The number of sulfonamides is 1. The number of para-hydroxylation sites is 1. The summed E-state index contributed by atoms with van der Waals surface area (Å²) in [6.07, 6.45) is 1.08. The van der Waals surface area contributed by atoms with Gasteiger partial charge in [-0.3, -0.25) is 9.10 Å². The second kappa shape index (κ2) is 8.54. The van der Waals surface area contributed by atoms with Crippen molar-refractivity contribution in [3.63, 3.8) is 0 Å². The predicted octanol–water partition coefficient (Wildman–Crippen LogP) is 3.26. The third-order valence-electron chi connectivity index (χ3n) is 3.99. The van der Waals surface area contributed by atoms with Gasteiger partial charge in [-0.1, -0.05) is 41.9 Å². The van der Waals surface area contributed by atoms with E-state index in [0.717, 1.165) is 27.3 Å². The highest BCUT2D eigenvalue weighted by Crippen LogP contribution is 2.26. The van der Waals surface area contributed by atoms with Crippen molar-refractivity contribution < 1.29 is 13.2 Å². The molecular formula is C19H22ClN3O3S. The van der Waals surface area contributed by atoms with E-state index >= 15 is 0 Å². The number of aryl methyl sites for hydroxylation is 2. The lowest BCUT2D eigenvalue weighted by molar-refractivity contribution is -0.119. The summed E-state index contributed by atoms with van der Waals surface area (Å²) in [5.74, 6) is -0.531. The van der Waals surface area contributed by atoms with Crippen LogP contribution < -0.4 is 9.73 Å². The normalized spacial score (nSPS) is 12.0. The van der Waals surface area contributed by atoms with Crippen LogP contribution in [0.4, 0.5) is 5.69 Å². The Hall–Kier alpha value is -2.38. The summed E-state index contributed by atoms with van der Waals surface area (Å²) >= 11 is 5.86. The quantitative estimate of drug-likeness (QED) is 0.589. The molecule has 0 radical (unpaired) electrons. The minimum atomic E-state index is -3.64. The van der Waals surface area contributed by atoms with E-state index in [4.69, 9.17) is 11.6 Å². The Morgan fingerprint density at radius 1 is 1.11 bits per heavy atom. The number of hydrogen-bond acceptors (Lipinski definition) is 4. The summed E-state index contributed by atoms with van der Waals surface area (Å²) in [5.41, 5.74) is 5.85. The summed E-state index contributed by atoms with van der Waals surface area (Å²) in [6.45, 7) is 4.99. The molecule has 0 atom stereocenters. The SMILES string of the molecule is C/C(=N/NC(=O)CN(c1c(C)cccc1C)S(C)(=O)=O)c1ccc(Cl)cc1. The van der Waals surface area contributed by atoms with Crippen molar-refractivity contribution in [1.29, 1.82) is 0 Å². The van der Waals surface area contributed by atoms with Crippen LogP contribution in [-0.2, 0) is 14.8 Å². The molecule has 0 unspecified atom stereocenters. The number of amides is 1. The molecule has 0 saturated heterocycles. The number of nitrogens with one attached hydrogen (secondary N) is 1. The minimum absolute atomic E-state index is 0.359. The van der Waals surface area contributed by atoms with E-state index in [1.807, 2.05) is 6.07 Å². The third kappa shape index (κ3) is 5.55. The molecule has 0 aromatic heterocycles. The molecule has 0 spiro atoms. The first kappa shape index (κ1) is 20.9. The topological polar surface area (TPSA) is 78.8 Å². The highest BCUT2D eigenvalue weighted by atomic mass is 35.5. The molecule has 2 aromatic carbocycles. The lowest BCUT2D eigenvalue weighted by atomic mass is 10.1. The van der Waals surface area contributed by atoms with Gasteiger partial charge in [0.15, 0.2) is 0 Å². The number of carbonyl (C=O) groups is 1. The Morgan fingerprint density at radius 2 is 1.67 bits per heavy atom. The fourth-order valence-corrected chi connectivity index (χ4v) is 3.73. The van der Waals surface area contributed by atoms with Gasteiger partial charge in [-0.15, -0.1) is 0 Å². The van der Waals surface area contributed by atoms with E-state index in [0.29, 0.717) is 16.4 Å². The van der Waals surface area contributed by atoms with Crippen molar-refractivity contribution in [3.05, 3.63) is 64.2 Å². The molecule has 8 heteroatoms. The van der Waals surface area contributed by atoms with E-state index in [2.05, 4.69) is 10.5 Å². The van der Waals surface area contributed by atoms with Gasteiger partial charge in [-0.25, -0.2) is 13.8 Å². The van der Waals surface area contributed by atoms with Gasteiger partial charge in [0, 0.05) is 5.02 Å². The fourth-order valence-electron chi connectivity index (χ4n) is 2.63. The molecule has 2 aromatic rings. The Balaban J connectivity index is 2.20. The summed E-state index contributed by atoms with van der Waals surface area (Å²) < 4.78 is 25.6. The zero-order chi connectivity index (χ0) is 20.2. The van der Waals surface area contributed by atoms with Gasteiger partial charge in [-0.05, 0) is 49.6 Å². The lowest BCUT2D eigenvalue weighted by Gasteiger charge is -2.25. The van der Waals surface area contributed by atoms with Crippen molar-refractivity contribution >= 4 is 38.9 Å². The summed E-state index contributed by atoms with van der Waals surface area (Å²) in [7, 11) is -3.64. The molecule has 0 aliphatic heterocycles. The Kier molecular flexibility index (Phi) is 6.62. The van der Waals surface area contributed by atoms with E-state index < -0.39 is 15.9 Å². The van der Waals surface area contributed by atoms with Gasteiger partial charge >= 0.3 is 0 Å². The number of hydrazone groups is 1. The van der Waals surface area contributed by atoms with Crippen LogP contribution in [0.2, 0.25) is 5.02 Å². The van der Waals surface area contributed by atoms with E-state index in [1.54, 1.807) is 57.2 Å². The van der Waals surface area contributed by atoms with Crippen LogP contribution in [0.25, 0.3) is 0 Å². The number of nitrogens with zero attached hydrogens (tertiary/aromatic N) is 2. The molecule has 0 aliphatic rings. The molecule has 6 nitrogen and oxygen atoms in total. The monoisotopic (exact) mass is 407 g/mol. The highest BCUT2D eigenvalue weighted by molar-refractivity contribution is 7.92. The Morgan fingerprint density at radius 3 is 2.19 bits per heavy atom. The zero-order valence-corrected chi connectivity index (χ0v) is 17.2. The molecule has 1 N–H and O–H groups in total. The standard InChI is InChI=1S/C19H22ClN3O3S/c1-13-6-5-7-14(2)19(13)23(27(4,25)26)12-18(24)22-21-15(3)16-8-10-17(20)11-9-16/h5-11H,12H2,1-4H3,(H,22,24)/b21-15-. The molecule has 27 heavy (non-hydrogen) atoms. The molecular weight excluding hydrogens is 386 g/mol. The molecule has 1 amide bonds. The maximum Gasteiger partial charge on any atom is 0.260 e. The van der Waals surface area contributed by atoms with Gasteiger partial charge in [0.2, 0.25) is 10.0 Å². The maximum atomic E-state index is 12.3. The van der Waals surface area contributed by atoms with Gasteiger partial charge in [0.25, 0.3) is 5.91 Å². The zero-order valence-electron chi connectivity index (χ0n) is 15.7. The largest absolute Gasteiger partial charge is 0.271 e. The molecule has 2 rings (SSSR count).